The van der Waals surface area contributed by atoms with Crippen LogP contribution >= 0.6 is 0 Å². The van der Waals surface area contributed by atoms with Gasteiger partial charge in [-0.3, -0.25) is 57.7 Å². The van der Waals surface area contributed by atoms with Crippen LogP contribution in [-0.2, 0) is 70.3 Å². The van der Waals surface area contributed by atoms with E-state index in [2.05, 4.69) is 31.9 Å². The minimum absolute atomic E-state index is 0.0000143. The number of carbonyl (C=O) groups is 10. The molecule has 1 fully saturated rings. The molecule has 8 N–H and O–H groups in total. The molecular weight excluding hydrogens is 1220 g/mol. The summed E-state index contributed by atoms with van der Waals surface area (Å²) in [7, 11) is 10.4. The Morgan fingerprint density at radius 1 is 0.656 bits per heavy atom. The number of hydrogen-bond donors (Lipinski definition) is 7. The monoisotopic (exact) mass is 1330 g/mol. The van der Waals surface area contributed by atoms with Crippen molar-refractivity contribution in [2.45, 2.75) is 193 Å². The van der Waals surface area contributed by atoms with Crippen molar-refractivity contribution < 1.29 is 57.4 Å². The fourth-order valence-corrected chi connectivity index (χ4v) is 12.6. The van der Waals surface area contributed by atoms with Crippen LogP contribution in [0.5, 0.6) is 0 Å². The summed E-state index contributed by atoms with van der Waals surface area (Å²) < 4.78 is 12.1. The number of nitrogens with zero attached hydrogens (tertiary/aromatic N) is 4. The predicted molar refractivity (Wildman–Crippen MR) is 374 cm³/mol. The molecule has 23 nitrogen and oxygen atoms in total. The summed E-state index contributed by atoms with van der Waals surface area (Å²) in [6.45, 7) is 16.4. The van der Waals surface area contributed by atoms with E-state index in [1.54, 1.807) is 50.1 Å². The van der Waals surface area contributed by atoms with Crippen molar-refractivity contribution >= 4 is 70.3 Å². The van der Waals surface area contributed by atoms with Crippen LogP contribution in [0.15, 0.2) is 97.1 Å². The largest absolute Gasteiger partial charge is 0.388 e. The highest BCUT2D eigenvalue weighted by atomic mass is 16.5. The van der Waals surface area contributed by atoms with E-state index in [1.165, 1.54) is 24.0 Å². The van der Waals surface area contributed by atoms with Crippen molar-refractivity contribution in [3.8, 4) is 0 Å². The Morgan fingerprint density at radius 2 is 1.23 bits per heavy atom. The second-order valence-electron chi connectivity index (χ2n) is 26.3. The van der Waals surface area contributed by atoms with Crippen molar-refractivity contribution in [2.24, 2.45) is 29.4 Å². The zero-order valence-corrected chi connectivity index (χ0v) is 59.3. The number of amides is 9. The van der Waals surface area contributed by atoms with E-state index in [1.807, 2.05) is 140 Å². The van der Waals surface area contributed by atoms with Gasteiger partial charge in [0.2, 0.25) is 41.4 Å². The molecule has 2 aliphatic heterocycles. The zero-order chi connectivity index (χ0) is 71.2. The maximum Gasteiger partial charge on any atom is 0.253 e. The molecule has 11 atom stereocenters. The number of Topliss-reactive ketones (excluding diaryl/α,β-unsaturated/α-hetero) is 1. The van der Waals surface area contributed by atoms with E-state index in [-0.39, 0.29) is 90.1 Å². The highest BCUT2D eigenvalue weighted by Gasteiger charge is 2.44. The number of carbonyl (C=O) groups excluding carboxylic acids is 10. The lowest BCUT2D eigenvalue weighted by atomic mass is 9.89. The molecule has 0 spiro atoms. The number of hydrogen-bond acceptors (Lipinski definition) is 15. The number of ketones is 1. The molecular formula is C73H111N11O12. The molecule has 3 aromatic rings. The van der Waals surface area contributed by atoms with E-state index >= 15 is 0 Å². The third-order valence-electron chi connectivity index (χ3n) is 18.2. The maximum absolute atomic E-state index is 14.4. The number of imide groups is 1. The van der Waals surface area contributed by atoms with Crippen molar-refractivity contribution in [1.29, 1.82) is 0 Å². The molecule has 0 radical (unpaired) electrons. The Hall–Kier alpha value is -7.86. The molecule has 0 aromatic heterocycles. The highest BCUT2D eigenvalue weighted by Crippen LogP contribution is 2.30. The average Bonchev–Trinajstić information content (AvgIpc) is 2.04. The van der Waals surface area contributed by atoms with Gasteiger partial charge in [-0.1, -0.05) is 122 Å². The number of methoxy groups -OCH3 is 2. The fourth-order valence-electron chi connectivity index (χ4n) is 12.6. The number of anilines is 2. The van der Waals surface area contributed by atoms with Crippen LogP contribution in [0, 0.1) is 23.7 Å². The number of nitrogens with two attached hydrogens (primary N) is 1. The first kappa shape index (κ1) is 80.6. The molecule has 3 aromatic carbocycles. The quantitative estimate of drug-likeness (QED) is 0.0239. The second-order valence-corrected chi connectivity index (χ2v) is 26.3. The van der Waals surface area contributed by atoms with E-state index < -0.39 is 66.3 Å². The van der Waals surface area contributed by atoms with Crippen molar-refractivity contribution in [1.82, 2.24) is 40.9 Å². The van der Waals surface area contributed by atoms with Crippen molar-refractivity contribution in [3.63, 3.8) is 0 Å². The number of likely N-dealkylation sites (N-methyl/N-ethyl adjacent to an activating group) is 2. The lowest BCUT2D eigenvalue weighted by Gasteiger charge is -2.41. The van der Waals surface area contributed by atoms with Crippen LogP contribution in [0.2, 0.25) is 0 Å². The van der Waals surface area contributed by atoms with Crippen LogP contribution < -0.4 is 37.6 Å². The molecule has 1 saturated heterocycles. The molecule has 530 valence electrons. The molecule has 1 unspecified atom stereocenters. The van der Waals surface area contributed by atoms with E-state index in [0.717, 1.165) is 42.5 Å². The van der Waals surface area contributed by atoms with Crippen LogP contribution in [0.3, 0.4) is 0 Å². The van der Waals surface area contributed by atoms with Gasteiger partial charge in [-0.15, -0.1) is 0 Å². The number of likely N-dealkylation sites (tertiary alicyclic amines) is 1. The van der Waals surface area contributed by atoms with E-state index in [9.17, 15) is 47.9 Å². The molecule has 2 aliphatic rings. The molecule has 23 heteroatoms. The molecule has 96 heavy (non-hydrogen) atoms. The van der Waals surface area contributed by atoms with Crippen molar-refractivity contribution in [2.75, 3.05) is 72.7 Å². The van der Waals surface area contributed by atoms with E-state index in [4.69, 9.17) is 15.2 Å². The average molecular weight is 1330 g/mol. The van der Waals surface area contributed by atoms with Crippen LogP contribution in [0.25, 0.3) is 0 Å². The number of ether oxygens (including phenoxy) is 2. The molecule has 9 amide bonds. The summed E-state index contributed by atoms with van der Waals surface area (Å²) in [4.78, 5) is 137. The van der Waals surface area contributed by atoms with Gasteiger partial charge in [0.15, 0.2) is 5.78 Å². The Balaban J connectivity index is 0.000000473. The number of unbranched alkanes of at least 4 members (excludes halogenated alkanes) is 3. The minimum atomic E-state index is -0.881. The molecule has 5 rings (SSSR count). The summed E-state index contributed by atoms with van der Waals surface area (Å²) in [5.41, 5.74) is 8.82. The van der Waals surface area contributed by atoms with Crippen LogP contribution in [-0.4, -0.2) is 195 Å². The number of rotatable bonds is 39. The molecule has 0 aliphatic carbocycles. The first-order valence-electron chi connectivity index (χ1n) is 34.1. The minimum Gasteiger partial charge on any atom is -0.388 e. The third kappa shape index (κ3) is 25.0. The number of nitrogens with one attached hydrogen (secondary N) is 6. The maximum atomic E-state index is 14.4. The van der Waals surface area contributed by atoms with Gasteiger partial charge < -0.3 is 56.9 Å². The zero-order valence-electron chi connectivity index (χ0n) is 59.3. The summed E-state index contributed by atoms with van der Waals surface area (Å²) in [6.07, 6.45) is 7.87. The molecule has 0 saturated carbocycles. The Labute approximate surface area is 569 Å². The Morgan fingerprint density at radius 3 is 1.74 bits per heavy atom. The summed E-state index contributed by atoms with van der Waals surface area (Å²) in [5, 5.41) is 17.7. The SMILES string of the molecule is CC(=O)[C@H](CCCCN)NC(=O)[C@H](Cc1ccccc1)NC(=O)CCCCCN1C(=O)C=CC1=O.CC[C@H](C)[C@@H]([C@@H](CC(=O)N1CCC[C@H]1[C@H](OC)[C@@H](C)C(=O)N[C@@H](Cc1ccccc1)C(=O)Nc1ccc(NC)cc1)OC)N(C)C(=O)[C@@H](NC(=O)C(C(C)C)N(C)C)C(C)C. The smallest absolute Gasteiger partial charge is 0.253 e. The predicted octanol–water partition coefficient (Wildman–Crippen LogP) is 6.44. The fraction of sp³-hybridized carbons (Fsp3) is 0.589. The van der Waals surface area contributed by atoms with Crippen LogP contribution in [0.4, 0.5) is 11.4 Å². The van der Waals surface area contributed by atoms with Gasteiger partial charge in [0.05, 0.1) is 48.7 Å². The van der Waals surface area contributed by atoms with Gasteiger partial charge in [-0.25, -0.2) is 0 Å². The lowest BCUT2D eigenvalue weighted by molar-refractivity contribution is -0.148. The second kappa shape index (κ2) is 41.3. The normalized spacial score (nSPS) is 16.8. The van der Waals surface area contributed by atoms with Crippen LogP contribution in [0.1, 0.15) is 137 Å². The first-order valence-corrected chi connectivity index (χ1v) is 34.1. The van der Waals surface area contributed by atoms with Crippen molar-refractivity contribution in [3.05, 3.63) is 108 Å². The van der Waals surface area contributed by atoms with Gasteiger partial charge >= 0.3 is 0 Å². The standard InChI is InChI=1S/C47H75N7O7.C26H36N4O5/c1-14-31(6)42(53(11)47(59)40(29(2)3)51-46(58)41(30(4)5)52(9)10)38(60-12)28-39(55)54-26-18-21-37(54)43(61-13)32(7)44(56)50-36(27-33-19-16-15-17-20-33)45(57)49-35-24-22-34(48-8)23-25-35;1-19(31)21(12-7-8-16-27)29-26(35)22(18-20-10-4-2-5-11-20)28-23(32)13-6-3-9-17-30-24(33)14-15-25(30)34/h15-17,19-20,22-25,29-32,36-38,40-43,48H,14,18,21,26-28H2,1-13H3,(H,49,57)(H,50,56)(H,51,58);2,4-5,10-11,14-15,21-22H,3,6-9,12-13,16-18,27H2,1H3,(H,28,32)(H,29,35)/t31-,32+,36-,37-,38+,40-,41?,42-,43+;21-,22-/m00/s1. The third-order valence-corrected chi connectivity index (χ3v) is 18.2. The molecule has 2 heterocycles. The summed E-state index contributed by atoms with van der Waals surface area (Å²) in [5.74, 6) is -3.66. The van der Waals surface area contributed by atoms with Gasteiger partial charge in [0.1, 0.15) is 18.1 Å². The summed E-state index contributed by atoms with van der Waals surface area (Å²) in [6, 6.07) is 21.8. The summed E-state index contributed by atoms with van der Waals surface area (Å²) >= 11 is 0. The van der Waals surface area contributed by atoms with Gasteiger partial charge in [0, 0.05) is 84.2 Å². The lowest BCUT2D eigenvalue weighted by Crippen LogP contribution is -2.59. The number of benzene rings is 3. The first-order chi connectivity index (χ1) is 45.7. The van der Waals surface area contributed by atoms with Gasteiger partial charge in [-0.05, 0) is 126 Å². The topological polar surface area (TPSA) is 300 Å². The highest BCUT2D eigenvalue weighted by molar-refractivity contribution is 6.12. The molecule has 0 bridgehead atoms. The Bertz CT molecular complexity index is 2980. The Kier molecular flexibility index (Phi) is 34.7. The van der Waals surface area contributed by atoms with E-state index in [0.29, 0.717) is 63.8 Å². The van der Waals surface area contributed by atoms with Gasteiger partial charge in [0.25, 0.3) is 11.8 Å². The van der Waals surface area contributed by atoms with Gasteiger partial charge in [-0.2, -0.15) is 0 Å².